The molecular formula is C16H13ClF3NO3. The molecule has 2 aromatic rings. The van der Waals surface area contributed by atoms with Crippen LogP contribution in [0.25, 0.3) is 0 Å². The van der Waals surface area contributed by atoms with Gasteiger partial charge in [0.1, 0.15) is 17.4 Å². The fourth-order valence-corrected chi connectivity index (χ4v) is 2.37. The third kappa shape index (κ3) is 4.38. The molecular weight excluding hydrogens is 347 g/mol. The van der Waals surface area contributed by atoms with E-state index in [1.807, 2.05) is 0 Å². The van der Waals surface area contributed by atoms with E-state index in [0.717, 1.165) is 12.1 Å². The van der Waals surface area contributed by atoms with Crippen molar-refractivity contribution in [2.75, 3.05) is 5.88 Å². The number of nitro benzene ring substituents is 1. The third-order valence-electron chi connectivity index (χ3n) is 3.29. The highest BCUT2D eigenvalue weighted by atomic mass is 35.5. The molecule has 0 aliphatic heterocycles. The summed E-state index contributed by atoms with van der Waals surface area (Å²) in [7, 11) is 0. The minimum Gasteiger partial charge on any atom is -0.485 e. The topological polar surface area (TPSA) is 52.4 Å². The fraction of sp³-hybridized carbons (Fsp3) is 0.250. The molecule has 0 fully saturated rings. The summed E-state index contributed by atoms with van der Waals surface area (Å²) in [6.45, 7) is 0. The van der Waals surface area contributed by atoms with Crippen LogP contribution in [0.2, 0.25) is 0 Å². The Morgan fingerprint density at radius 2 is 1.83 bits per heavy atom. The molecule has 2 rings (SSSR count). The molecule has 0 radical (unpaired) electrons. The molecule has 0 saturated carbocycles. The van der Waals surface area contributed by atoms with Gasteiger partial charge in [-0.15, -0.1) is 11.6 Å². The zero-order valence-corrected chi connectivity index (χ0v) is 13.1. The highest BCUT2D eigenvalue weighted by Crippen LogP contribution is 2.40. The molecule has 0 saturated heterocycles. The molecule has 0 bridgehead atoms. The Labute approximate surface area is 141 Å². The van der Waals surface area contributed by atoms with E-state index in [-0.39, 0.29) is 5.88 Å². The normalized spacial score (nSPS) is 12.7. The molecule has 0 amide bonds. The Morgan fingerprint density at radius 3 is 2.38 bits per heavy atom. The minimum absolute atomic E-state index is 0.188. The van der Waals surface area contributed by atoms with Crippen molar-refractivity contribution in [2.45, 2.75) is 18.7 Å². The lowest BCUT2D eigenvalue weighted by Crippen LogP contribution is -2.13. The number of nitro groups is 1. The first kappa shape index (κ1) is 18.1. The summed E-state index contributed by atoms with van der Waals surface area (Å²) in [6.07, 6.45) is -5.17. The second kappa shape index (κ2) is 7.53. The summed E-state index contributed by atoms with van der Waals surface area (Å²) in [5.74, 6) is -0.277. The third-order valence-corrected chi connectivity index (χ3v) is 3.51. The number of ether oxygens (including phenoxy) is 1. The molecule has 128 valence electrons. The maximum Gasteiger partial charge on any atom is 0.420 e. The van der Waals surface area contributed by atoms with Gasteiger partial charge in [-0.3, -0.25) is 10.1 Å². The molecule has 0 heterocycles. The SMILES string of the molecule is O=[N+]([O-])c1ccc(OC(CCCl)c2ccccc2)c(C(F)(F)F)c1. The fourth-order valence-electron chi connectivity index (χ4n) is 2.17. The van der Waals surface area contributed by atoms with Crippen LogP contribution in [0.5, 0.6) is 5.75 Å². The highest BCUT2D eigenvalue weighted by molar-refractivity contribution is 6.17. The molecule has 2 aromatic carbocycles. The van der Waals surface area contributed by atoms with E-state index in [1.165, 1.54) is 0 Å². The Hall–Kier alpha value is -2.28. The maximum absolute atomic E-state index is 13.2. The van der Waals surface area contributed by atoms with Crippen LogP contribution in [0.3, 0.4) is 0 Å². The smallest absolute Gasteiger partial charge is 0.420 e. The number of hydrogen-bond donors (Lipinski definition) is 0. The van der Waals surface area contributed by atoms with E-state index in [0.29, 0.717) is 18.1 Å². The Kier molecular flexibility index (Phi) is 5.66. The van der Waals surface area contributed by atoms with Gasteiger partial charge in [0.2, 0.25) is 0 Å². The van der Waals surface area contributed by atoms with Gasteiger partial charge in [-0.2, -0.15) is 13.2 Å². The van der Waals surface area contributed by atoms with Gasteiger partial charge in [0, 0.05) is 24.4 Å². The number of hydrogen-bond acceptors (Lipinski definition) is 3. The zero-order valence-electron chi connectivity index (χ0n) is 12.3. The lowest BCUT2D eigenvalue weighted by Gasteiger charge is -2.21. The number of nitrogens with zero attached hydrogens (tertiary/aromatic N) is 1. The molecule has 4 nitrogen and oxygen atoms in total. The number of non-ortho nitro benzene ring substituents is 1. The van der Waals surface area contributed by atoms with Crippen LogP contribution in [0.4, 0.5) is 18.9 Å². The van der Waals surface area contributed by atoms with Gasteiger partial charge < -0.3 is 4.74 Å². The largest absolute Gasteiger partial charge is 0.485 e. The molecule has 0 aromatic heterocycles. The van der Waals surface area contributed by atoms with Crippen molar-refractivity contribution in [1.29, 1.82) is 0 Å². The average molecular weight is 360 g/mol. The molecule has 1 unspecified atom stereocenters. The van der Waals surface area contributed by atoms with Crippen molar-refractivity contribution in [2.24, 2.45) is 0 Å². The monoisotopic (exact) mass is 359 g/mol. The molecule has 0 aliphatic rings. The van der Waals surface area contributed by atoms with Gasteiger partial charge in [-0.05, 0) is 11.6 Å². The summed E-state index contributed by atoms with van der Waals surface area (Å²) in [5.41, 5.74) is -1.17. The lowest BCUT2D eigenvalue weighted by atomic mass is 10.1. The van der Waals surface area contributed by atoms with Crippen molar-refractivity contribution in [3.63, 3.8) is 0 Å². The minimum atomic E-state index is -4.77. The summed E-state index contributed by atoms with van der Waals surface area (Å²) >= 11 is 5.72. The lowest BCUT2D eigenvalue weighted by molar-refractivity contribution is -0.385. The van der Waals surface area contributed by atoms with Crippen molar-refractivity contribution < 1.29 is 22.8 Å². The van der Waals surface area contributed by atoms with Gasteiger partial charge in [0.15, 0.2) is 0 Å². The van der Waals surface area contributed by atoms with E-state index in [4.69, 9.17) is 16.3 Å². The number of benzene rings is 2. The molecule has 24 heavy (non-hydrogen) atoms. The van der Waals surface area contributed by atoms with E-state index in [9.17, 15) is 23.3 Å². The van der Waals surface area contributed by atoms with Crippen molar-refractivity contribution in [3.8, 4) is 5.75 Å². The van der Waals surface area contributed by atoms with Crippen LogP contribution in [0, 0.1) is 10.1 Å². The van der Waals surface area contributed by atoms with Crippen LogP contribution in [0.1, 0.15) is 23.7 Å². The summed E-state index contributed by atoms with van der Waals surface area (Å²) in [4.78, 5) is 9.84. The zero-order chi connectivity index (χ0) is 17.7. The van der Waals surface area contributed by atoms with Crippen molar-refractivity contribution >= 4 is 17.3 Å². The second-order valence-corrected chi connectivity index (χ2v) is 5.31. The van der Waals surface area contributed by atoms with E-state index in [1.54, 1.807) is 30.3 Å². The molecule has 1 atom stereocenters. The van der Waals surface area contributed by atoms with Crippen molar-refractivity contribution in [1.82, 2.24) is 0 Å². The standard InChI is InChI=1S/C16H13ClF3NO3/c17-9-8-14(11-4-2-1-3-5-11)24-15-7-6-12(21(22)23)10-13(15)16(18,19)20/h1-7,10,14H,8-9H2. The Bertz CT molecular complexity index is 707. The van der Waals surface area contributed by atoms with Crippen LogP contribution < -0.4 is 4.74 Å². The first-order valence-electron chi connectivity index (χ1n) is 6.96. The van der Waals surface area contributed by atoms with Crippen LogP contribution in [-0.4, -0.2) is 10.8 Å². The summed E-state index contributed by atoms with van der Waals surface area (Å²) in [5, 5.41) is 10.7. The quantitative estimate of drug-likeness (QED) is 0.396. The summed E-state index contributed by atoms with van der Waals surface area (Å²) < 4.78 is 45.1. The van der Waals surface area contributed by atoms with Gasteiger partial charge >= 0.3 is 6.18 Å². The number of halogens is 4. The average Bonchev–Trinajstić information content (AvgIpc) is 2.54. The first-order chi connectivity index (χ1) is 11.3. The maximum atomic E-state index is 13.2. The van der Waals surface area contributed by atoms with Crippen molar-refractivity contribution in [3.05, 3.63) is 69.8 Å². The second-order valence-electron chi connectivity index (χ2n) is 4.93. The van der Waals surface area contributed by atoms with Gasteiger partial charge in [-0.1, -0.05) is 30.3 Å². The molecule has 8 heteroatoms. The van der Waals surface area contributed by atoms with Crippen LogP contribution in [-0.2, 0) is 6.18 Å². The summed E-state index contributed by atoms with van der Waals surface area (Å²) in [6, 6.07) is 11.1. The van der Waals surface area contributed by atoms with Gasteiger partial charge in [-0.25, -0.2) is 0 Å². The predicted octanol–water partition coefficient (Wildman–Crippen LogP) is 5.36. The van der Waals surface area contributed by atoms with E-state index in [2.05, 4.69) is 0 Å². The van der Waals surface area contributed by atoms with E-state index >= 15 is 0 Å². The molecule has 0 N–H and O–H groups in total. The van der Waals surface area contributed by atoms with Crippen LogP contribution >= 0.6 is 11.6 Å². The van der Waals surface area contributed by atoms with Gasteiger partial charge in [0.05, 0.1) is 4.92 Å². The number of rotatable bonds is 6. The van der Waals surface area contributed by atoms with E-state index < -0.39 is 34.2 Å². The molecule has 0 aliphatic carbocycles. The highest BCUT2D eigenvalue weighted by Gasteiger charge is 2.36. The Balaban J connectivity index is 2.41. The Morgan fingerprint density at radius 1 is 1.17 bits per heavy atom. The van der Waals surface area contributed by atoms with Gasteiger partial charge in [0.25, 0.3) is 5.69 Å². The number of alkyl halides is 4. The molecule has 0 spiro atoms. The predicted molar refractivity (Wildman–Crippen MR) is 83.2 cm³/mol. The first-order valence-corrected chi connectivity index (χ1v) is 7.49. The van der Waals surface area contributed by atoms with Crippen LogP contribution in [0.15, 0.2) is 48.5 Å².